The van der Waals surface area contributed by atoms with E-state index in [-0.39, 0.29) is 29.8 Å². The average Bonchev–Trinajstić information content (AvgIpc) is 2.68. The molecule has 1 N–H and O–H groups in total. The lowest BCUT2D eigenvalue weighted by atomic mass is 10.1. The van der Waals surface area contributed by atoms with Crippen molar-refractivity contribution in [1.82, 2.24) is 0 Å². The van der Waals surface area contributed by atoms with E-state index in [0.29, 0.717) is 17.0 Å². The molecule has 2 rings (SSSR count). The van der Waals surface area contributed by atoms with Gasteiger partial charge in [0.15, 0.2) is 12.4 Å². The van der Waals surface area contributed by atoms with E-state index in [0.717, 1.165) is 17.3 Å². The Morgan fingerprint density at radius 2 is 1.63 bits per heavy atom. The SMILES string of the molecule is COc1ccc(C(=O)COC(=O)CSCC(=O)Nc2ccc(C)cc2)cc1. The number of benzene rings is 2. The van der Waals surface area contributed by atoms with Gasteiger partial charge >= 0.3 is 5.97 Å². The first-order chi connectivity index (χ1) is 13.0. The number of hydrogen-bond donors (Lipinski definition) is 1. The summed E-state index contributed by atoms with van der Waals surface area (Å²) in [5, 5.41) is 2.75. The van der Waals surface area contributed by atoms with Crippen LogP contribution in [0, 0.1) is 6.92 Å². The minimum absolute atomic E-state index is 0.00277. The number of thioether (sulfide) groups is 1. The number of nitrogens with one attached hydrogen (secondary N) is 1. The summed E-state index contributed by atoms with van der Waals surface area (Å²) in [6.45, 7) is 1.63. The molecule has 0 spiro atoms. The first kappa shape index (κ1) is 20.5. The van der Waals surface area contributed by atoms with Crippen molar-refractivity contribution in [3.05, 3.63) is 59.7 Å². The van der Waals surface area contributed by atoms with Crippen molar-refractivity contribution in [1.29, 1.82) is 0 Å². The second-order valence-corrected chi connectivity index (χ2v) is 6.70. The maximum Gasteiger partial charge on any atom is 0.316 e. The van der Waals surface area contributed by atoms with Gasteiger partial charge in [0.25, 0.3) is 0 Å². The molecule has 0 aliphatic carbocycles. The molecule has 0 aliphatic rings. The van der Waals surface area contributed by atoms with Gasteiger partial charge in [-0.3, -0.25) is 14.4 Å². The van der Waals surface area contributed by atoms with E-state index in [1.54, 1.807) is 24.3 Å². The second kappa shape index (κ2) is 10.4. The van der Waals surface area contributed by atoms with Crippen LogP contribution in [0.25, 0.3) is 0 Å². The molecule has 0 bridgehead atoms. The monoisotopic (exact) mass is 387 g/mol. The summed E-state index contributed by atoms with van der Waals surface area (Å²) < 4.78 is 9.98. The molecule has 0 saturated carbocycles. The second-order valence-electron chi connectivity index (χ2n) is 5.72. The molecule has 142 valence electrons. The van der Waals surface area contributed by atoms with E-state index < -0.39 is 5.97 Å². The topological polar surface area (TPSA) is 81.7 Å². The van der Waals surface area contributed by atoms with Gasteiger partial charge in [-0.15, -0.1) is 11.8 Å². The molecular weight excluding hydrogens is 366 g/mol. The van der Waals surface area contributed by atoms with Crippen LogP contribution in [-0.2, 0) is 14.3 Å². The van der Waals surface area contributed by atoms with E-state index in [2.05, 4.69) is 5.32 Å². The molecule has 1 amide bonds. The normalized spacial score (nSPS) is 10.1. The highest BCUT2D eigenvalue weighted by molar-refractivity contribution is 8.00. The highest BCUT2D eigenvalue weighted by Crippen LogP contribution is 2.12. The molecule has 2 aromatic carbocycles. The van der Waals surface area contributed by atoms with Crippen LogP contribution < -0.4 is 10.1 Å². The zero-order chi connectivity index (χ0) is 19.6. The Morgan fingerprint density at radius 3 is 2.26 bits per heavy atom. The summed E-state index contributed by atoms with van der Waals surface area (Å²) in [5.74, 6) is -0.278. The summed E-state index contributed by atoms with van der Waals surface area (Å²) in [4.78, 5) is 35.5. The third-order valence-electron chi connectivity index (χ3n) is 3.56. The standard InChI is InChI=1S/C20H21NO5S/c1-14-3-7-16(8-4-14)21-19(23)12-27-13-20(24)26-11-18(22)15-5-9-17(25-2)10-6-15/h3-10H,11-13H2,1-2H3,(H,21,23). The molecule has 6 nitrogen and oxygen atoms in total. The van der Waals surface area contributed by atoms with Crippen LogP contribution in [0.3, 0.4) is 0 Å². The number of ether oxygens (including phenoxy) is 2. The zero-order valence-corrected chi connectivity index (χ0v) is 16.0. The molecule has 0 heterocycles. The van der Waals surface area contributed by atoms with Crippen molar-refractivity contribution < 1.29 is 23.9 Å². The average molecular weight is 387 g/mol. The minimum Gasteiger partial charge on any atom is -0.497 e. The lowest BCUT2D eigenvalue weighted by Crippen LogP contribution is -2.18. The van der Waals surface area contributed by atoms with E-state index in [9.17, 15) is 14.4 Å². The molecule has 0 radical (unpaired) electrons. The van der Waals surface area contributed by atoms with Gasteiger partial charge in [-0.05, 0) is 43.3 Å². The molecule has 27 heavy (non-hydrogen) atoms. The quantitative estimate of drug-likeness (QED) is 0.526. The molecule has 0 aliphatic heterocycles. The lowest BCUT2D eigenvalue weighted by molar-refractivity contribution is -0.139. The summed E-state index contributed by atoms with van der Waals surface area (Å²) in [6, 6.07) is 14.0. The third-order valence-corrected chi connectivity index (χ3v) is 4.47. The Hall–Kier alpha value is -2.80. The van der Waals surface area contributed by atoms with Gasteiger partial charge in [-0.2, -0.15) is 0 Å². The zero-order valence-electron chi connectivity index (χ0n) is 15.2. The molecule has 7 heteroatoms. The fourth-order valence-electron chi connectivity index (χ4n) is 2.11. The number of aryl methyl sites for hydroxylation is 1. The number of methoxy groups -OCH3 is 1. The van der Waals surface area contributed by atoms with Crippen LogP contribution in [0.2, 0.25) is 0 Å². The predicted octanol–water partition coefficient (Wildman–Crippen LogP) is 3.10. The molecule has 0 saturated heterocycles. The van der Waals surface area contributed by atoms with Crippen molar-refractivity contribution >= 4 is 35.1 Å². The Bertz CT molecular complexity index is 787. The number of esters is 1. The maximum atomic E-state index is 12.0. The third kappa shape index (κ3) is 7.15. The van der Waals surface area contributed by atoms with Crippen molar-refractivity contribution in [2.24, 2.45) is 0 Å². The van der Waals surface area contributed by atoms with Gasteiger partial charge in [0.05, 0.1) is 18.6 Å². The number of hydrogen-bond acceptors (Lipinski definition) is 6. The van der Waals surface area contributed by atoms with Gasteiger partial charge < -0.3 is 14.8 Å². The molecule has 0 atom stereocenters. The smallest absolute Gasteiger partial charge is 0.316 e. The number of rotatable bonds is 9. The maximum absolute atomic E-state index is 12.0. The van der Waals surface area contributed by atoms with Crippen molar-refractivity contribution in [3.8, 4) is 5.75 Å². The molecule has 0 unspecified atom stereocenters. The van der Waals surface area contributed by atoms with Gasteiger partial charge in [-0.1, -0.05) is 17.7 Å². The summed E-state index contributed by atoms with van der Waals surface area (Å²) in [5.41, 5.74) is 2.25. The summed E-state index contributed by atoms with van der Waals surface area (Å²) >= 11 is 1.13. The molecule has 2 aromatic rings. The molecule has 0 fully saturated rings. The Morgan fingerprint density at radius 1 is 0.963 bits per heavy atom. The number of ketones is 1. The number of carbonyl (C=O) groups is 3. The minimum atomic E-state index is -0.537. The first-order valence-corrected chi connectivity index (χ1v) is 9.40. The largest absolute Gasteiger partial charge is 0.497 e. The van der Waals surface area contributed by atoms with Crippen LogP contribution in [0.5, 0.6) is 5.75 Å². The fraction of sp³-hybridized carbons (Fsp3) is 0.250. The van der Waals surface area contributed by atoms with Gasteiger partial charge in [-0.25, -0.2) is 0 Å². The van der Waals surface area contributed by atoms with E-state index >= 15 is 0 Å². The number of carbonyl (C=O) groups excluding carboxylic acids is 3. The Labute approximate surface area is 162 Å². The highest BCUT2D eigenvalue weighted by atomic mass is 32.2. The van der Waals surface area contributed by atoms with Crippen molar-refractivity contribution in [2.75, 3.05) is 30.5 Å². The lowest BCUT2D eigenvalue weighted by Gasteiger charge is -2.06. The van der Waals surface area contributed by atoms with Crippen LogP contribution in [-0.4, -0.2) is 42.9 Å². The van der Waals surface area contributed by atoms with Crippen LogP contribution in [0.15, 0.2) is 48.5 Å². The van der Waals surface area contributed by atoms with Gasteiger partial charge in [0.2, 0.25) is 5.91 Å². The number of amides is 1. The van der Waals surface area contributed by atoms with Crippen LogP contribution >= 0.6 is 11.8 Å². The van der Waals surface area contributed by atoms with Gasteiger partial charge in [0, 0.05) is 11.3 Å². The van der Waals surface area contributed by atoms with E-state index in [1.807, 2.05) is 31.2 Å². The number of Topliss-reactive ketones (excluding diaryl/α,β-unsaturated/α-hetero) is 1. The molecular formula is C20H21NO5S. The Kier molecular flexibility index (Phi) is 7.88. The van der Waals surface area contributed by atoms with Crippen molar-refractivity contribution in [3.63, 3.8) is 0 Å². The van der Waals surface area contributed by atoms with Crippen LogP contribution in [0.4, 0.5) is 5.69 Å². The predicted molar refractivity (Wildman–Crippen MR) is 105 cm³/mol. The van der Waals surface area contributed by atoms with Crippen molar-refractivity contribution in [2.45, 2.75) is 6.92 Å². The van der Waals surface area contributed by atoms with Crippen LogP contribution in [0.1, 0.15) is 15.9 Å². The number of anilines is 1. The summed E-state index contributed by atoms with van der Waals surface area (Å²) in [7, 11) is 1.54. The fourth-order valence-corrected chi connectivity index (χ4v) is 2.72. The van der Waals surface area contributed by atoms with E-state index in [4.69, 9.17) is 9.47 Å². The molecule has 0 aromatic heterocycles. The Balaban J connectivity index is 1.65. The van der Waals surface area contributed by atoms with Gasteiger partial charge in [0.1, 0.15) is 5.75 Å². The highest BCUT2D eigenvalue weighted by Gasteiger charge is 2.11. The summed E-state index contributed by atoms with van der Waals surface area (Å²) in [6.07, 6.45) is 0. The van der Waals surface area contributed by atoms with E-state index in [1.165, 1.54) is 7.11 Å². The first-order valence-electron chi connectivity index (χ1n) is 8.25.